The van der Waals surface area contributed by atoms with E-state index in [1.807, 2.05) is 0 Å². The number of hydrogen-bond donors (Lipinski definition) is 2. The van der Waals surface area contributed by atoms with Gasteiger partial charge in [-0.1, -0.05) is 0 Å². The van der Waals surface area contributed by atoms with Gasteiger partial charge >= 0.3 is 0 Å². The summed E-state index contributed by atoms with van der Waals surface area (Å²) in [6, 6.07) is 9.41. The molecule has 2 aromatic rings. The highest BCUT2D eigenvalue weighted by molar-refractivity contribution is 9.10. The average Bonchev–Trinajstić information content (AvgIpc) is 2.74. The zero-order valence-electron chi connectivity index (χ0n) is 13.2. The molecule has 0 atom stereocenters. The van der Waals surface area contributed by atoms with E-state index in [9.17, 15) is 13.2 Å². The lowest BCUT2D eigenvalue weighted by molar-refractivity contribution is -0.116. The monoisotopic (exact) mass is 426 g/mol. The summed E-state index contributed by atoms with van der Waals surface area (Å²) in [5, 5.41) is 2.68. The minimum absolute atomic E-state index is 0.0122. The van der Waals surface area contributed by atoms with E-state index in [0.29, 0.717) is 27.3 Å². The van der Waals surface area contributed by atoms with E-state index in [-0.39, 0.29) is 23.8 Å². The number of ether oxygens (including phenoxy) is 2. The highest BCUT2D eigenvalue weighted by Crippen LogP contribution is 2.36. The number of nitrogens with one attached hydrogen (secondary N) is 2. The number of carbonyl (C=O) groups is 1. The second-order valence-corrected chi connectivity index (χ2v) is 7.76. The summed E-state index contributed by atoms with van der Waals surface area (Å²) in [5.41, 5.74) is 0.828. The average molecular weight is 427 g/mol. The lowest BCUT2D eigenvalue weighted by Gasteiger charge is -2.14. The van der Waals surface area contributed by atoms with Gasteiger partial charge < -0.3 is 14.8 Å². The summed E-state index contributed by atoms with van der Waals surface area (Å²) in [4.78, 5) is 11.6. The van der Waals surface area contributed by atoms with Crippen LogP contribution in [0.25, 0.3) is 0 Å². The number of rotatable bonds is 4. The smallest absolute Gasteiger partial charge is 0.263 e. The minimum atomic E-state index is -3.85. The molecule has 0 saturated heterocycles. The molecule has 1 aliphatic rings. The van der Waals surface area contributed by atoms with E-state index in [4.69, 9.17) is 9.47 Å². The summed E-state index contributed by atoms with van der Waals surface area (Å²) in [6.45, 7) is 0.186. The van der Waals surface area contributed by atoms with Gasteiger partial charge in [0.25, 0.3) is 10.0 Å². The molecular formula is C16H15BrN2O5S. The van der Waals surface area contributed by atoms with Crippen LogP contribution in [-0.4, -0.2) is 28.0 Å². The largest absolute Gasteiger partial charge is 0.497 e. The maximum Gasteiger partial charge on any atom is 0.263 e. The first kappa shape index (κ1) is 17.6. The molecule has 1 heterocycles. The van der Waals surface area contributed by atoms with Crippen LogP contribution in [0.3, 0.4) is 0 Å². The molecule has 0 saturated carbocycles. The van der Waals surface area contributed by atoms with Crippen LogP contribution < -0.4 is 19.5 Å². The number of carbonyl (C=O) groups excluding carboxylic acids is 1. The van der Waals surface area contributed by atoms with Crippen LogP contribution in [0.5, 0.6) is 11.5 Å². The Hall–Kier alpha value is -2.26. The number of halogens is 1. The third kappa shape index (κ3) is 3.88. The van der Waals surface area contributed by atoms with Gasteiger partial charge in [0.2, 0.25) is 5.91 Å². The van der Waals surface area contributed by atoms with Gasteiger partial charge in [0.1, 0.15) is 16.4 Å². The second-order valence-electron chi connectivity index (χ2n) is 5.26. The third-order valence-corrected chi connectivity index (χ3v) is 5.87. The van der Waals surface area contributed by atoms with Crippen molar-refractivity contribution in [2.24, 2.45) is 0 Å². The van der Waals surface area contributed by atoms with Crippen molar-refractivity contribution in [2.45, 2.75) is 11.3 Å². The van der Waals surface area contributed by atoms with Gasteiger partial charge in [0.05, 0.1) is 25.8 Å². The Bertz CT molecular complexity index is 913. The highest BCUT2D eigenvalue weighted by atomic mass is 79.9. The van der Waals surface area contributed by atoms with Crippen LogP contribution in [0.4, 0.5) is 11.4 Å². The van der Waals surface area contributed by atoms with Gasteiger partial charge in [-0.2, -0.15) is 0 Å². The van der Waals surface area contributed by atoms with Gasteiger partial charge in [-0.05, 0) is 46.3 Å². The molecule has 2 N–H and O–H groups in total. The molecule has 0 fully saturated rings. The number of amides is 1. The Morgan fingerprint density at radius 3 is 2.64 bits per heavy atom. The molecule has 0 aliphatic carbocycles. The maximum absolute atomic E-state index is 12.7. The maximum atomic E-state index is 12.7. The van der Waals surface area contributed by atoms with Gasteiger partial charge in [-0.3, -0.25) is 9.52 Å². The van der Waals surface area contributed by atoms with Crippen molar-refractivity contribution in [3.63, 3.8) is 0 Å². The van der Waals surface area contributed by atoms with Crippen LogP contribution in [0.15, 0.2) is 45.8 Å². The van der Waals surface area contributed by atoms with Crippen molar-refractivity contribution in [3.8, 4) is 11.5 Å². The van der Waals surface area contributed by atoms with Crippen LogP contribution in [-0.2, 0) is 14.8 Å². The summed E-state index contributed by atoms with van der Waals surface area (Å²) >= 11 is 3.25. The molecule has 25 heavy (non-hydrogen) atoms. The first-order valence-corrected chi connectivity index (χ1v) is 9.60. The topological polar surface area (TPSA) is 93.7 Å². The fraction of sp³-hybridized carbons (Fsp3) is 0.188. The standard InChI is InChI=1S/C16H15BrN2O5S/c1-23-11-4-2-10(3-5-11)19-25(21,22)15-9-14-13(8-12(15)17)18-16(20)6-7-24-14/h2-5,8-9,19H,6-7H2,1H3,(H,18,20). The van der Waals surface area contributed by atoms with E-state index in [0.717, 1.165) is 0 Å². The van der Waals surface area contributed by atoms with E-state index in [1.165, 1.54) is 19.2 Å². The van der Waals surface area contributed by atoms with Gasteiger partial charge in [-0.25, -0.2) is 8.42 Å². The Morgan fingerprint density at radius 1 is 1.24 bits per heavy atom. The third-order valence-electron chi connectivity index (χ3n) is 3.53. The van der Waals surface area contributed by atoms with Crippen molar-refractivity contribution in [3.05, 3.63) is 40.9 Å². The lowest BCUT2D eigenvalue weighted by atomic mass is 10.3. The molecule has 0 spiro atoms. The van der Waals surface area contributed by atoms with Crippen molar-refractivity contribution in [1.29, 1.82) is 0 Å². The summed E-state index contributed by atoms with van der Waals surface area (Å²) in [6.07, 6.45) is 0.207. The molecule has 0 radical (unpaired) electrons. The molecule has 3 rings (SSSR count). The van der Waals surface area contributed by atoms with Crippen LogP contribution in [0.2, 0.25) is 0 Å². The first-order chi connectivity index (χ1) is 11.9. The SMILES string of the molecule is COc1ccc(NS(=O)(=O)c2cc3c(cc2Br)NC(=O)CCO3)cc1. The molecule has 0 aromatic heterocycles. The molecule has 2 aromatic carbocycles. The molecule has 9 heteroatoms. The molecular weight excluding hydrogens is 412 g/mol. The predicted molar refractivity (Wildman–Crippen MR) is 96.7 cm³/mol. The Morgan fingerprint density at radius 2 is 1.96 bits per heavy atom. The highest BCUT2D eigenvalue weighted by Gasteiger charge is 2.23. The second kappa shape index (κ2) is 6.93. The molecule has 0 unspecified atom stereocenters. The van der Waals surface area contributed by atoms with E-state index in [1.54, 1.807) is 24.3 Å². The number of benzene rings is 2. The Labute approximate surface area is 153 Å². The van der Waals surface area contributed by atoms with Crippen LogP contribution in [0.1, 0.15) is 6.42 Å². The minimum Gasteiger partial charge on any atom is -0.497 e. The van der Waals surface area contributed by atoms with Crippen LogP contribution >= 0.6 is 15.9 Å². The van der Waals surface area contributed by atoms with E-state index >= 15 is 0 Å². The first-order valence-electron chi connectivity index (χ1n) is 7.32. The van der Waals surface area contributed by atoms with E-state index < -0.39 is 10.0 Å². The van der Waals surface area contributed by atoms with Crippen molar-refractivity contribution in [1.82, 2.24) is 0 Å². The number of fused-ring (bicyclic) bond motifs is 1. The molecule has 1 amide bonds. The zero-order valence-corrected chi connectivity index (χ0v) is 15.6. The summed E-state index contributed by atoms with van der Waals surface area (Å²) < 4.78 is 38.7. The Balaban J connectivity index is 1.93. The summed E-state index contributed by atoms with van der Waals surface area (Å²) in [5.74, 6) is 0.750. The quantitative estimate of drug-likeness (QED) is 0.783. The van der Waals surface area contributed by atoms with Gasteiger partial charge in [-0.15, -0.1) is 0 Å². The fourth-order valence-electron chi connectivity index (χ4n) is 2.29. The molecule has 132 valence electrons. The number of sulfonamides is 1. The van der Waals surface area contributed by atoms with Gasteiger partial charge in [0, 0.05) is 16.2 Å². The number of anilines is 2. The van der Waals surface area contributed by atoms with Gasteiger partial charge in [0.15, 0.2) is 0 Å². The number of hydrogen-bond acceptors (Lipinski definition) is 5. The molecule has 1 aliphatic heterocycles. The lowest BCUT2D eigenvalue weighted by Crippen LogP contribution is -2.14. The Kier molecular flexibility index (Phi) is 4.87. The number of methoxy groups -OCH3 is 1. The van der Waals surface area contributed by atoms with E-state index in [2.05, 4.69) is 26.0 Å². The fourth-order valence-corrected chi connectivity index (χ4v) is 4.41. The van der Waals surface area contributed by atoms with Crippen LogP contribution in [0, 0.1) is 0 Å². The summed E-state index contributed by atoms with van der Waals surface area (Å²) in [7, 11) is -2.32. The molecule has 7 nitrogen and oxygen atoms in total. The zero-order chi connectivity index (χ0) is 18.0. The normalized spacial score (nSPS) is 13.9. The molecule has 0 bridgehead atoms. The predicted octanol–water partition coefficient (Wildman–Crippen LogP) is 2.98. The van der Waals surface area contributed by atoms with Crippen molar-refractivity contribution in [2.75, 3.05) is 23.8 Å². The van der Waals surface area contributed by atoms with Crippen molar-refractivity contribution < 1.29 is 22.7 Å². The van der Waals surface area contributed by atoms with Crippen molar-refractivity contribution >= 4 is 43.2 Å².